The van der Waals surface area contributed by atoms with Crippen LogP contribution in [0.4, 0.5) is 0 Å². The minimum Gasteiger partial charge on any atom is -0.508 e. The van der Waals surface area contributed by atoms with E-state index in [4.69, 9.17) is 9.47 Å². The lowest BCUT2D eigenvalue weighted by atomic mass is 9.90. The number of hydrogen-bond donors (Lipinski definition) is 2. The number of allylic oxidation sites excluding steroid dienone is 2. The van der Waals surface area contributed by atoms with Crippen LogP contribution >= 0.6 is 0 Å². The monoisotopic (exact) mass is 406 g/mol. The number of carbonyl (C=O) groups is 1. The lowest BCUT2D eigenvalue weighted by molar-refractivity contribution is 0.0839. The fourth-order valence-corrected chi connectivity index (χ4v) is 3.93. The largest absolute Gasteiger partial charge is 0.508 e. The Labute approximate surface area is 176 Å². The number of Topliss-reactive ketones (excluding diaryl/α,β-unsaturated/α-hetero) is 1. The molecule has 5 heteroatoms. The van der Waals surface area contributed by atoms with Crippen molar-refractivity contribution in [3.05, 3.63) is 64.7 Å². The summed E-state index contributed by atoms with van der Waals surface area (Å²) in [7, 11) is 0. The summed E-state index contributed by atoms with van der Waals surface area (Å²) in [5, 5.41) is 20.1. The Bertz CT molecular complexity index is 1040. The van der Waals surface area contributed by atoms with Gasteiger partial charge in [0.2, 0.25) is 0 Å². The Balaban J connectivity index is 1.68. The number of phenolic OH excluding ortho intramolecular Hbond substituents is 2. The third kappa shape index (κ3) is 3.80. The van der Waals surface area contributed by atoms with Crippen molar-refractivity contribution in [2.45, 2.75) is 51.7 Å². The second kappa shape index (κ2) is 7.56. The number of carbonyl (C=O) groups excluding carboxylic acids is 1. The van der Waals surface area contributed by atoms with Gasteiger partial charge in [0, 0.05) is 6.07 Å². The van der Waals surface area contributed by atoms with Crippen molar-refractivity contribution in [1.82, 2.24) is 0 Å². The van der Waals surface area contributed by atoms with E-state index in [2.05, 4.69) is 19.9 Å². The summed E-state index contributed by atoms with van der Waals surface area (Å²) in [6.07, 6.45) is 7.39. The molecule has 2 atom stereocenters. The Hall–Kier alpha value is -3.21. The molecule has 2 aliphatic heterocycles. The molecule has 0 saturated heterocycles. The van der Waals surface area contributed by atoms with Crippen LogP contribution in [0.5, 0.6) is 23.0 Å². The van der Waals surface area contributed by atoms with Crippen molar-refractivity contribution in [2.75, 3.05) is 0 Å². The Morgan fingerprint density at radius 3 is 2.67 bits per heavy atom. The summed E-state index contributed by atoms with van der Waals surface area (Å²) in [5.41, 5.74) is 2.41. The molecule has 0 aromatic heterocycles. The highest BCUT2D eigenvalue weighted by Gasteiger charge is 2.36. The third-order valence-electron chi connectivity index (χ3n) is 5.57. The number of ether oxygens (including phenoxy) is 2. The van der Waals surface area contributed by atoms with E-state index in [1.54, 1.807) is 24.3 Å². The molecule has 2 aromatic carbocycles. The van der Waals surface area contributed by atoms with Crippen LogP contribution in [0.25, 0.3) is 6.08 Å². The van der Waals surface area contributed by atoms with E-state index in [1.165, 1.54) is 11.6 Å². The van der Waals surface area contributed by atoms with Gasteiger partial charge in [-0.1, -0.05) is 23.8 Å². The lowest BCUT2D eigenvalue weighted by Gasteiger charge is -2.34. The third-order valence-corrected chi connectivity index (χ3v) is 5.57. The summed E-state index contributed by atoms with van der Waals surface area (Å²) < 4.78 is 12.4. The van der Waals surface area contributed by atoms with E-state index < -0.39 is 11.7 Å². The van der Waals surface area contributed by atoms with Crippen molar-refractivity contribution in [3.63, 3.8) is 0 Å². The minimum atomic E-state index is -0.505. The molecule has 0 saturated carbocycles. The van der Waals surface area contributed by atoms with E-state index in [0.717, 1.165) is 18.4 Å². The first-order valence-electron chi connectivity index (χ1n) is 10.2. The van der Waals surface area contributed by atoms with Crippen molar-refractivity contribution in [1.29, 1.82) is 0 Å². The maximum atomic E-state index is 12.8. The molecule has 0 spiro atoms. The number of benzene rings is 2. The van der Waals surface area contributed by atoms with Crippen LogP contribution in [0.1, 0.15) is 67.6 Å². The maximum absolute atomic E-state index is 12.8. The minimum absolute atomic E-state index is 0.120. The molecule has 0 radical (unpaired) electrons. The van der Waals surface area contributed by atoms with E-state index >= 15 is 0 Å². The quantitative estimate of drug-likeness (QED) is 0.636. The van der Waals surface area contributed by atoms with Crippen molar-refractivity contribution in [2.24, 2.45) is 0 Å². The predicted octanol–water partition coefficient (Wildman–Crippen LogP) is 5.72. The highest BCUT2D eigenvalue weighted by molar-refractivity contribution is 6.04. The molecular formula is C25H26O5. The van der Waals surface area contributed by atoms with Crippen molar-refractivity contribution in [3.8, 4) is 23.0 Å². The molecule has 30 heavy (non-hydrogen) atoms. The van der Waals surface area contributed by atoms with E-state index in [9.17, 15) is 15.0 Å². The normalized spacial score (nSPS) is 21.8. The maximum Gasteiger partial charge on any atom is 0.174 e. The molecule has 0 amide bonds. The van der Waals surface area contributed by atoms with Crippen molar-refractivity contribution < 1.29 is 24.5 Å². The zero-order valence-electron chi connectivity index (χ0n) is 17.4. The van der Waals surface area contributed by atoms with Crippen LogP contribution in [-0.4, -0.2) is 21.6 Å². The van der Waals surface area contributed by atoms with Gasteiger partial charge in [0.05, 0.1) is 12.0 Å². The topological polar surface area (TPSA) is 76.0 Å². The summed E-state index contributed by atoms with van der Waals surface area (Å²) in [6.45, 7) is 6.14. The highest BCUT2D eigenvalue weighted by atomic mass is 16.5. The van der Waals surface area contributed by atoms with Gasteiger partial charge in [-0.3, -0.25) is 4.79 Å². The molecule has 2 aliphatic rings. The predicted molar refractivity (Wildman–Crippen MR) is 115 cm³/mol. The number of ketones is 1. The average molecular weight is 406 g/mol. The van der Waals surface area contributed by atoms with Crippen LogP contribution in [0.15, 0.2) is 48.1 Å². The van der Waals surface area contributed by atoms with Gasteiger partial charge in [0.15, 0.2) is 5.78 Å². The summed E-state index contributed by atoms with van der Waals surface area (Å²) in [4.78, 5) is 12.8. The number of fused-ring (bicyclic) bond motifs is 3. The molecule has 0 fully saturated rings. The lowest BCUT2D eigenvalue weighted by Crippen LogP contribution is -2.32. The fraction of sp³-hybridized carbons (Fsp3) is 0.320. The zero-order valence-corrected chi connectivity index (χ0v) is 17.4. The first-order valence-corrected chi connectivity index (χ1v) is 10.2. The molecule has 0 unspecified atom stereocenters. The smallest absolute Gasteiger partial charge is 0.174 e. The Morgan fingerprint density at radius 2 is 1.97 bits per heavy atom. The summed E-state index contributed by atoms with van der Waals surface area (Å²) in [6, 6.07) is 8.12. The first kappa shape index (κ1) is 20.1. The number of rotatable bonds is 4. The molecule has 0 bridgehead atoms. The number of phenols is 2. The van der Waals surface area contributed by atoms with Gasteiger partial charge < -0.3 is 19.7 Å². The van der Waals surface area contributed by atoms with E-state index in [1.807, 2.05) is 19.1 Å². The number of hydrogen-bond acceptors (Lipinski definition) is 5. The molecule has 2 aromatic rings. The number of aromatic hydroxyl groups is 2. The molecule has 4 rings (SSSR count). The second-order valence-electron chi connectivity index (χ2n) is 8.41. The van der Waals surface area contributed by atoms with E-state index in [0.29, 0.717) is 17.1 Å². The molecule has 0 aliphatic carbocycles. The average Bonchev–Trinajstić information content (AvgIpc) is 2.67. The fourth-order valence-electron chi connectivity index (χ4n) is 3.93. The zero-order chi connectivity index (χ0) is 21.5. The van der Waals surface area contributed by atoms with E-state index in [-0.39, 0.29) is 29.3 Å². The molecule has 156 valence electrons. The highest BCUT2D eigenvalue weighted by Crippen LogP contribution is 2.48. The van der Waals surface area contributed by atoms with Gasteiger partial charge in [-0.25, -0.2) is 0 Å². The second-order valence-corrected chi connectivity index (χ2v) is 8.41. The van der Waals surface area contributed by atoms with Gasteiger partial charge in [-0.05, 0) is 63.5 Å². The molecule has 2 heterocycles. The SMILES string of the molecule is CC(C)=CCC[C@]1(C)C=Cc2c(cc(O)c3c2O[C@@H](c2ccc(O)cc2)CC3=O)O1. The Kier molecular flexibility index (Phi) is 5.06. The van der Waals surface area contributed by atoms with Gasteiger partial charge in [-0.15, -0.1) is 0 Å². The summed E-state index contributed by atoms with van der Waals surface area (Å²) in [5.74, 6) is 0.703. The van der Waals surface area contributed by atoms with Crippen LogP contribution in [0, 0.1) is 0 Å². The first-order chi connectivity index (χ1) is 14.3. The van der Waals surface area contributed by atoms with Crippen molar-refractivity contribution >= 4 is 11.9 Å². The summed E-state index contributed by atoms with van der Waals surface area (Å²) >= 11 is 0. The van der Waals surface area contributed by atoms with Gasteiger partial charge in [-0.2, -0.15) is 0 Å². The van der Waals surface area contributed by atoms with Gasteiger partial charge >= 0.3 is 0 Å². The molecule has 2 N–H and O–H groups in total. The Morgan fingerprint density at radius 1 is 1.23 bits per heavy atom. The van der Waals surface area contributed by atoms with Gasteiger partial charge in [0.25, 0.3) is 0 Å². The van der Waals surface area contributed by atoms with Gasteiger partial charge in [0.1, 0.15) is 40.3 Å². The van der Waals surface area contributed by atoms with Crippen LogP contribution < -0.4 is 9.47 Å². The molecular weight excluding hydrogens is 380 g/mol. The van der Waals surface area contributed by atoms with Crippen LogP contribution in [-0.2, 0) is 0 Å². The standard InChI is InChI=1S/C25H26O5/c1-15(2)5-4-11-25(3)12-10-18-22(30-25)14-20(28)23-19(27)13-21(29-24(18)23)16-6-8-17(26)9-7-16/h5-10,12,14,21,26,28H,4,11,13H2,1-3H3/t21-,25-/m1/s1. The molecule has 5 nitrogen and oxygen atoms in total. The van der Waals surface area contributed by atoms with Crippen LogP contribution in [0.2, 0.25) is 0 Å². The van der Waals surface area contributed by atoms with Crippen LogP contribution in [0.3, 0.4) is 0 Å².